The molecular weight excluding hydrogens is 372 g/mol. The van der Waals surface area contributed by atoms with E-state index in [0.29, 0.717) is 10.2 Å². The largest absolute Gasteiger partial charge is 0.492 e. The normalized spacial score (nSPS) is 23.4. The summed E-state index contributed by atoms with van der Waals surface area (Å²) in [4.78, 5) is 26.6. The fourth-order valence-corrected chi connectivity index (χ4v) is 3.99. The number of halogens is 2. The summed E-state index contributed by atoms with van der Waals surface area (Å²) in [6, 6.07) is -0.721. The lowest BCUT2D eigenvalue weighted by Crippen LogP contribution is -2.45. The number of methoxy groups -OCH3 is 1. The molecule has 0 amide bonds. The number of fused-ring (bicyclic) bond motifs is 1. The SMILES string of the molecule is COc1c(N2CCC(F)(C(C)N)C2)c(F)cn2c(=O)n(N)c(=O)c(C3CC3)c12. The van der Waals surface area contributed by atoms with Crippen LogP contribution in [0.2, 0.25) is 0 Å². The third kappa shape index (κ3) is 2.58. The zero-order valence-corrected chi connectivity index (χ0v) is 15.7. The number of nitrogens with zero attached hydrogens (tertiary/aromatic N) is 3. The van der Waals surface area contributed by atoms with Crippen LogP contribution < -0.4 is 32.5 Å². The summed E-state index contributed by atoms with van der Waals surface area (Å²) in [5.74, 6) is 4.81. The topological polar surface area (TPSA) is 108 Å². The number of alkyl halides is 1. The molecule has 152 valence electrons. The first-order valence-corrected chi connectivity index (χ1v) is 9.22. The summed E-state index contributed by atoms with van der Waals surface area (Å²) in [6.45, 7) is 1.70. The van der Waals surface area contributed by atoms with E-state index in [2.05, 4.69) is 0 Å². The molecule has 4 N–H and O–H groups in total. The number of anilines is 1. The molecule has 0 radical (unpaired) electrons. The van der Waals surface area contributed by atoms with E-state index in [1.54, 1.807) is 6.92 Å². The van der Waals surface area contributed by atoms with Crippen molar-refractivity contribution in [1.82, 2.24) is 9.08 Å². The smallest absolute Gasteiger partial charge is 0.354 e. The second-order valence-corrected chi connectivity index (χ2v) is 7.72. The van der Waals surface area contributed by atoms with E-state index in [1.165, 1.54) is 12.0 Å². The molecule has 2 unspecified atom stereocenters. The van der Waals surface area contributed by atoms with Crippen molar-refractivity contribution >= 4 is 11.2 Å². The number of nitrogen functional groups attached to an aromatic ring is 1. The Morgan fingerprint density at radius 3 is 2.57 bits per heavy atom. The van der Waals surface area contributed by atoms with E-state index in [1.807, 2.05) is 0 Å². The first kappa shape index (κ1) is 18.7. The highest BCUT2D eigenvalue weighted by Gasteiger charge is 2.43. The summed E-state index contributed by atoms with van der Waals surface area (Å²) >= 11 is 0. The van der Waals surface area contributed by atoms with E-state index < -0.39 is 28.8 Å². The van der Waals surface area contributed by atoms with Crippen LogP contribution in [0, 0.1) is 5.82 Å². The molecule has 3 heterocycles. The van der Waals surface area contributed by atoms with Gasteiger partial charge in [-0.25, -0.2) is 13.6 Å². The molecule has 2 atom stereocenters. The maximum atomic E-state index is 15.1. The van der Waals surface area contributed by atoms with Crippen molar-refractivity contribution in [3.8, 4) is 5.75 Å². The van der Waals surface area contributed by atoms with Gasteiger partial charge in [0.25, 0.3) is 5.56 Å². The average molecular weight is 395 g/mol. The van der Waals surface area contributed by atoms with E-state index >= 15 is 4.39 Å². The average Bonchev–Trinajstić information content (AvgIpc) is 3.41. The molecule has 2 aliphatic rings. The first-order valence-electron chi connectivity index (χ1n) is 9.22. The van der Waals surface area contributed by atoms with Crippen molar-refractivity contribution in [1.29, 1.82) is 0 Å². The van der Waals surface area contributed by atoms with Gasteiger partial charge in [0, 0.05) is 19.0 Å². The van der Waals surface area contributed by atoms with Gasteiger partial charge in [0.1, 0.15) is 16.9 Å². The van der Waals surface area contributed by atoms with Crippen molar-refractivity contribution in [3.05, 3.63) is 38.4 Å². The number of rotatable bonds is 4. The molecule has 10 heteroatoms. The van der Waals surface area contributed by atoms with Crippen molar-refractivity contribution < 1.29 is 13.5 Å². The van der Waals surface area contributed by atoms with E-state index in [9.17, 15) is 14.0 Å². The van der Waals surface area contributed by atoms with Crippen LogP contribution in [0.4, 0.5) is 14.5 Å². The summed E-state index contributed by atoms with van der Waals surface area (Å²) < 4.78 is 37.0. The van der Waals surface area contributed by atoms with Crippen LogP contribution in [0.15, 0.2) is 15.8 Å². The van der Waals surface area contributed by atoms with Crippen LogP contribution >= 0.6 is 0 Å². The van der Waals surface area contributed by atoms with E-state index in [4.69, 9.17) is 16.3 Å². The summed E-state index contributed by atoms with van der Waals surface area (Å²) in [6.07, 6.45) is 2.65. The highest BCUT2D eigenvalue weighted by atomic mass is 19.1. The Labute approximate surface area is 159 Å². The number of hydrogen-bond acceptors (Lipinski definition) is 6. The fraction of sp³-hybridized carbons (Fsp3) is 0.556. The Morgan fingerprint density at radius 2 is 2.04 bits per heavy atom. The van der Waals surface area contributed by atoms with Crippen LogP contribution in [-0.2, 0) is 0 Å². The Balaban J connectivity index is 2.01. The minimum Gasteiger partial charge on any atom is -0.492 e. The lowest BCUT2D eigenvalue weighted by atomic mass is 9.98. The molecule has 2 fully saturated rings. The van der Waals surface area contributed by atoms with Crippen molar-refractivity contribution in [3.63, 3.8) is 0 Å². The van der Waals surface area contributed by atoms with E-state index in [-0.39, 0.29) is 42.4 Å². The van der Waals surface area contributed by atoms with Gasteiger partial charge in [-0.2, -0.15) is 4.68 Å². The molecular formula is C18H23F2N5O3. The van der Waals surface area contributed by atoms with Crippen molar-refractivity contribution in [2.24, 2.45) is 5.73 Å². The van der Waals surface area contributed by atoms with Crippen molar-refractivity contribution in [2.75, 3.05) is 30.9 Å². The van der Waals surface area contributed by atoms with Gasteiger partial charge in [-0.05, 0) is 25.7 Å². The Bertz CT molecular complexity index is 1080. The highest BCUT2D eigenvalue weighted by Crippen LogP contribution is 2.45. The summed E-state index contributed by atoms with van der Waals surface area (Å²) in [7, 11) is 1.33. The maximum Gasteiger partial charge on any atom is 0.354 e. The van der Waals surface area contributed by atoms with Gasteiger partial charge in [-0.3, -0.25) is 9.20 Å². The van der Waals surface area contributed by atoms with Gasteiger partial charge in [0.15, 0.2) is 11.6 Å². The molecule has 1 saturated carbocycles. The predicted octanol–water partition coefficient (Wildman–Crippen LogP) is 0.466. The molecule has 28 heavy (non-hydrogen) atoms. The molecule has 0 spiro atoms. The van der Waals surface area contributed by atoms with Gasteiger partial charge >= 0.3 is 5.69 Å². The van der Waals surface area contributed by atoms with Crippen LogP contribution in [0.25, 0.3) is 5.52 Å². The second-order valence-electron chi connectivity index (χ2n) is 7.72. The number of nitrogens with two attached hydrogens (primary N) is 2. The zero-order chi connectivity index (χ0) is 20.4. The highest BCUT2D eigenvalue weighted by molar-refractivity contribution is 5.78. The molecule has 0 bridgehead atoms. The van der Waals surface area contributed by atoms with Crippen LogP contribution in [0.5, 0.6) is 5.75 Å². The summed E-state index contributed by atoms with van der Waals surface area (Å²) in [5, 5.41) is 0. The summed E-state index contributed by atoms with van der Waals surface area (Å²) in [5.41, 5.74) is 3.14. The number of aromatic nitrogens is 2. The molecule has 8 nitrogen and oxygen atoms in total. The van der Waals surface area contributed by atoms with Gasteiger partial charge in [0.2, 0.25) is 0 Å². The monoisotopic (exact) mass is 395 g/mol. The Morgan fingerprint density at radius 1 is 1.36 bits per heavy atom. The molecule has 1 aliphatic heterocycles. The molecule has 1 aliphatic carbocycles. The minimum absolute atomic E-state index is 0.0261. The third-order valence-corrected chi connectivity index (χ3v) is 5.83. The Hall–Kier alpha value is -2.62. The lowest BCUT2D eigenvalue weighted by molar-refractivity contribution is 0.160. The quantitative estimate of drug-likeness (QED) is 0.729. The Kier molecular flexibility index (Phi) is 4.14. The lowest BCUT2D eigenvalue weighted by Gasteiger charge is -2.27. The molecule has 4 rings (SSSR count). The first-order chi connectivity index (χ1) is 13.2. The van der Waals surface area contributed by atoms with Crippen molar-refractivity contribution in [2.45, 2.75) is 43.8 Å². The molecule has 2 aromatic rings. The third-order valence-electron chi connectivity index (χ3n) is 5.83. The van der Waals surface area contributed by atoms with Gasteiger partial charge in [0.05, 0.1) is 25.4 Å². The minimum atomic E-state index is -1.66. The zero-order valence-electron chi connectivity index (χ0n) is 15.7. The van der Waals surface area contributed by atoms with Crippen LogP contribution in [0.1, 0.15) is 37.7 Å². The number of pyridine rings is 1. The number of hydrogen-bond donors (Lipinski definition) is 2. The standard InChI is InChI=1S/C18H23F2N5O3/c1-9(21)18(20)5-6-23(8-18)13-11(19)7-24-14(15(13)28-2)12(10-3-4-10)16(26)25(22)17(24)27/h7,9-10H,3-6,8,21-22H2,1-2H3. The maximum absolute atomic E-state index is 15.1. The fourth-order valence-electron chi connectivity index (χ4n) is 3.99. The molecule has 2 aromatic heterocycles. The molecule has 1 saturated heterocycles. The van der Waals surface area contributed by atoms with Gasteiger partial charge in [-0.1, -0.05) is 0 Å². The van der Waals surface area contributed by atoms with Gasteiger partial charge < -0.3 is 21.2 Å². The van der Waals surface area contributed by atoms with Crippen LogP contribution in [0.3, 0.4) is 0 Å². The van der Waals surface area contributed by atoms with Gasteiger partial charge in [-0.15, -0.1) is 0 Å². The second kappa shape index (κ2) is 6.20. The predicted molar refractivity (Wildman–Crippen MR) is 101 cm³/mol. The number of ether oxygens (including phenoxy) is 1. The van der Waals surface area contributed by atoms with Crippen LogP contribution in [-0.4, -0.2) is 41.0 Å². The molecule has 0 aromatic carbocycles. The van der Waals surface area contributed by atoms with E-state index in [0.717, 1.165) is 23.4 Å².